The Morgan fingerprint density at radius 2 is 2.06 bits per heavy atom. The molecule has 0 spiro atoms. The van der Waals surface area contributed by atoms with Gasteiger partial charge in [0.15, 0.2) is 0 Å². The molecule has 0 amide bonds. The van der Waals surface area contributed by atoms with Crippen molar-refractivity contribution in [1.29, 1.82) is 0 Å². The average Bonchev–Trinajstić information content (AvgIpc) is 2.73. The molecule has 0 aromatic heterocycles. The van der Waals surface area contributed by atoms with Crippen molar-refractivity contribution in [2.75, 3.05) is 6.54 Å². The number of hydrogen-bond donors (Lipinski definition) is 1. The van der Waals surface area contributed by atoms with Crippen LogP contribution in [0.2, 0.25) is 0 Å². The first kappa shape index (κ1) is 13.1. The van der Waals surface area contributed by atoms with Crippen LogP contribution in [0.4, 0.5) is 0 Å². The van der Waals surface area contributed by atoms with Gasteiger partial charge in [-0.15, -0.1) is 0 Å². The van der Waals surface area contributed by atoms with Crippen LogP contribution < -0.4 is 0 Å². The van der Waals surface area contributed by atoms with E-state index < -0.39 is 11.5 Å². The maximum atomic E-state index is 11.4. The molecule has 18 heavy (non-hydrogen) atoms. The van der Waals surface area contributed by atoms with E-state index in [1.165, 1.54) is 11.1 Å². The van der Waals surface area contributed by atoms with Crippen LogP contribution in [0.1, 0.15) is 37.8 Å². The number of carbonyl (C=O) groups is 1. The topological polar surface area (TPSA) is 40.5 Å². The van der Waals surface area contributed by atoms with Crippen molar-refractivity contribution in [2.24, 2.45) is 0 Å². The van der Waals surface area contributed by atoms with E-state index in [-0.39, 0.29) is 0 Å². The van der Waals surface area contributed by atoms with Crippen LogP contribution in [0.3, 0.4) is 0 Å². The third-order valence-corrected chi connectivity index (χ3v) is 4.11. The smallest absolute Gasteiger partial charge is 0.323 e. The van der Waals surface area contributed by atoms with Crippen molar-refractivity contribution in [2.45, 2.75) is 45.2 Å². The molecule has 1 N–H and O–H groups in total. The summed E-state index contributed by atoms with van der Waals surface area (Å²) < 4.78 is 0. The van der Waals surface area contributed by atoms with Gasteiger partial charge in [0.2, 0.25) is 0 Å². The second-order valence-corrected chi connectivity index (χ2v) is 5.23. The third kappa shape index (κ3) is 2.27. The summed E-state index contributed by atoms with van der Waals surface area (Å²) in [7, 11) is 0. The Morgan fingerprint density at radius 3 is 2.67 bits per heavy atom. The number of carboxylic acid groups (broad SMARTS) is 1. The molecule has 1 atom stereocenters. The Hall–Kier alpha value is -1.35. The maximum Gasteiger partial charge on any atom is 0.323 e. The van der Waals surface area contributed by atoms with E-state index >= 15 is 0 Å². The fourth-order valence-corrected chi connectivity index (χ4v) is 2.78. The first-order valence-electron chi connectivity index (χ1n) is 6.63. The van der Waals surface area contributed by atoms with Gasteiger partial charge in [0.1, 0.15) is 5.54 Å². The molecule has 0 bridgehead atoms. The van der Waals surface area contributed by atoms with Gasteiger partial charge in [-0.25, -0.2) is 0 Å². The fourth-order valence-electron chi connectivity index (χ4n) is 2.78. The summed E-state index contributed by atoms with van der Waals surface area (Å²) in [6, 6.07) is 8.31. The molecular formula is C15H21NO2. The second-order valence-electron chi connectivity index (χ2n) is 5.23. The number of benzene rings is 1. The summed E-state index contributed by atoms with van der Waals surface area (Å²) in [5.41, 5.74) is 1.88. The van der Waals surface area contributed by atoms with E-state index in [0.29, 0.717) is 0 Å². The number of hydrogen-bond acceptors (Lipinski definition) is 2. The van der Waals surface area contributed by atoms with E-state index in [9.17, 15) is 9.90 Å². The van der Waals surface area contributed by atoms with Gasteiger partial charge in [-0.2, -0.15) is 0 Å². The van der Waals surface area contributed by atoms with E-state index in [1.807, 2.05) is 19.1 Å². The van der Waals surface area contributed by atoms with Gasteiger partial charge in [0.25, 0.3) is 0 Å². The largest absolute Gasteiger partial charge is 0.480 e. The molecule has 3 heteroatoms. The summed E-state index contributed by atoms with van der Waals surface area (Å²) >= 11 is 0. The Bertz CT molecular complexity index is 444. The predicted octanol–water partition coefficient (Wildman–Crippen LogP) is 2.69. The molecule has 2 rings (SSSR count). The highest BCUT2D eigenvalue weighted by Crippen LogP contribution is 2.31. The Kier molecular flexibility index (Phi) is 3.71. The number of aliphatic carboxylic acids is 1. The van der Waals surface area contributed by atoms with Crippen LogP contribution in [0, 0.1) is 0 Å². The van der Waals surface area contributed by atoms with Gasteiger partial charge in [-0.3, -0.25) is 9.69 Å². The first-order valence-corrected chi connectivity index (χ1v) is 6.63. The average molecular weight is 247 g/mol. The molecule has 3 nitrogen and oxygen atoms in total. The lowest BCUT2D eigenvalue weighted by atomic mass is 9.97. The molecule has 1 aromatic rings. The van der Waals surface area contributed by atoms with Gasteiger partial charge in [0, 0.05) is 6.54 Å². The standard InChI is InChI=1S/C15H21NO2/c1-3-12-7-4-5-8-13(12)11-16-10-6-9-15(16,2)14(17)18/h4-5,7-8H,3,6,9-11H2,1-2H3,(H,17,18). The number of aryl methyl sites for hydroxylation is 1. The van der Waals surface area contributed by atoms with Gasteiger partial charge < -0.3 is 5.11 Å². The van der Waals surface area contributed by atoms with Crippen molar-refractivity contribution >= 4 is 5.97 Å². The van der Waals surface area contributed by atoms with E-state index in [4.69, 9.17) is 0 Å². The minimum absolute atomic E-state index is 0.694. The molecule has 98 valence electrons. The number of rotatable bonds is 4. The summed E-state index contributed by atoms with van der Waals surface area (Å²) in [4.78, 5) is 13.5. The molecule has 1 fully saturated rings. The van der Waals surface area contributed by atoms with Crippen LogP contribution in [-0.2, 0) is 17.8 Å². The Morgan fingerprint density at radius 1 is 1.39 bits per heavy atom. The van der Waals surface area contributed by atoms with Crippen LogP contribution in [0.25, 0.3) is 0 Å². The molecule has 1 aliphatic heterocycles. The van der Waals surface area contributed by atoms with Crippen molar-refractivity contribution in [3.63, 3.8) is 0 Å². The van der Waals surface area contributed by atoms with Crippen molar-refractivity contribution in [3.05, 3.63) is 35.4 Å². The Labute approximate surface area is 108 Å². The maximum absolute atomic E-state index is 11.4. The van der Waals surface area contributed by atoms with E-state index in [0.717, 1.165) is 32.4 Å². The van der Waals surface area contributed by atoms with Gasteiger partial charge in [0.05, 0.1) is 0 Å². The lowest BCUT2D eigenvalue weighted by Crippen LogP contribution is -2.47. The van der Waals surface area contributed by atoms with Gasteiger partial charge in [-0.05, 0) is 43.9 Å². The molecular weight excluding hydrogens is 226 g/mol. The van der Waals surface area contributed by atoms with Crippen molar-refractivity contribution in [3.8, 4) is 0 Å². The summed E-state index contributed by atoms with van der Waals surface area (Å²) in [5.74, 6) is -0.700. The van der Waals surface area contributed by atoms with Crippen LogP contribution >= 0.6 is 0 Å². The van der Waals surface area contributed by atoms with Crippen LogP contribution in [-0.4, -0.2) is 28.1 Å². The zero-order valence-corrected chi connectivity index (χ0v) is 11.1. The third-order valence-electron chi connectivity index (χ3n) is 4.11. The zero-order valence-electron chi connectivity index (χ0n) is 11.1. The lowest BCUT2D eigenvalue weighted by Gasteiger charge is -2.31. The molecule has 0 radical (unpaired) electrons. The summed E-state index contributed by atoms with van der Waals surface area (Å²) in [5, 5.41) is 9.41. The van der Waals surface area contributed by atoms with Gasteiger partial charge >= 0.3 is 5.97 Å². The fraction of sp³-hybridized carbons (Fsp3) is 0.533. The molecule has 1 aliphatic rings. The van der Waals surface area contributed by atoms with E-state index in [1.54, 1.807) is 0 Å². The number of likely N-dealkylation sites (tertiary alicyclic amines) is 1. The quantitative estimate of drug-likeness (QED) is 0.889. The summed E-state index contributed by atoms with van der Waals surface area (Å²) in [6.45, 7) is 5.60. The number of carboxylic acids is 1. The first-order chi connectivity index (χ1) is 8.58. The molecule has 1 heterocycles. The normalized spacial score (nSPS) is 24.3. The van der Waals surface area contributed by atoms with Crippen LogP contribution in [0.5, 0.6) is 0 Å². The molecule has 1 unspecified atom stereocenters. The monoisotopic (exact) mass is 247 g/mol. The molecule has 1 saturated heterocycles. The highest BCUT2D eigenvalue weighted by Gasteiger charge is 2.43. The molecule has 0 aliphatic carbocycles. The SMILES string of the molecule is CCc1ccccc1CN1CCCC1(C)C(=O)O. The molecule has 0 saturated carbocycles. The van der Waals surface area contributed by atoms with Crippen LogP contribution in [0.15, 0.2) is 24.3 Å². The van der Waals surface area contributed by atoms with E-state index in [2.05, 4.69) is 24.0 Å². The highest BCUT2D eigenvalue weighted by molar-refractivity contribution is 5.78. The second kappa shape index (κ2) is 5.11. The van der Waals surface area contributed by atoms with Crippen molar-refractivity contribution in [1.82, 2.24) is 4.90 Å². The zero-order chi connectivity index (χ0) is 13.2. The summed E-state index contributed by atoms with van der Waals surface area (Å²) in [6.07, 6.45) is 2.71. The van der Waals surface area contributed by atoms with Crippen molar-refractivity contribution < 1.29 is 9.90 Å². The minimum Gasteiger partial charge on any atom is -0.480 e. The molecule has 1 aromatic carbocycles. The predicted molar refractivity (Wildman–Crippen MR) is 71.5 cm³/mol. The lowest BCUT2D eigenvalue weighted by molar-refractivity contribution is -0.148. The highest BCUT2D eigenvalue weighted by atomic mass is 16.4. The Balaban J connectivity index is 2.21. The van der Waals surface area contributed by atoms with Gasteiger partial charge in [-0.1, -0.05) is 31.2 Å². The number of nitrogens with zero attached hydrogens (tertiary/aromatic N) is 1. The minimum atomic E-state index is -0.700.